The quantitative estimate of drug-likeness (QED) is 0.751. The summed E-state index contributed by atoms with van der Waals surface area (Å²) in [6.45, 7) is 3.93. The van der Waals surface area contributed by atoms with E-state index >= 15 is 0 Å². The molecule has 1 saturated carbocycles. The zero-order chi connectivity index (χ0) is 19.5. The first kappa shape index (κ1) is 18.8. The summed E-state index contributed by atoms with van der Waals surface area (Å²) in [4.78, 5) is 15.0. The summed E-state index contributed by atoms with van der Waals surface area (Å²) in [5.41, 5.74) is 1.16. The number of thioether (sulfide) groups is 1. The van der Waals surface area contributed by atoms with E-state index in [2.05, 4.69) is 31.1 Å². The Labute approximate surface area is 169 Å². The van der Waals surface area contributed by atoms with Crippen LogP contribution in [0, 0.1) is 11.3 Å². The molecule has 1 aromatic heterocycles. The van der Waals surface area contributed by atoms with Crippen molar-refractivity contribution in [3.05, 3.63) is 29.8 Å². The number of benzene rings is 1. The summed E-state index contributed by atoms with van der Waals surface area (Å²) >= 11 is 1.45. The molecule has 0 spiro atoms. The molecule has 0 unspecified atom stereocenters. The highest BCUT2D eigenvalue weighted by molar-refractivity contribution is 8.00. The molecule has 1 aromatic carbocycles. The van der Waals surface area contributed by atoms with Gasteiger partial charge < -0.3 is 10.2 Å². The van der Waals surface area contributed by atoms with Gasteiger partial charge in [0.25, 0.3) is 0 Å². The molecule has 1 atom stereocenters. The minimum atomic E-state index is -0.318. The minimum Gasteiger partial charge on any atom is -0.341 e. The van der Waals surface area contributed by atoms with Crippen LogP contribution in [0.4, 0.5) is 11.6 Å². The topological polar surface area (TPSA) is 86.8 Å². The number of nitriles is 1. The van der Waals surface area contributed by atoms with E-state index in [1.165, 1.54) is 31.0 Å². The van der Waals surface area contributed by atoms with E-state index in [4.69, 9.17) is 5.26 Å². The molecule has 0 bridgehead atoms. The number of aromatic nitrogens is 3. The molecule has 1 saturated heterocycles. The maximum Gasteiger partial charge on any atom is 0.237 e. The number of carbonyl (C=O) groups is 1. The number of hydrogen-bond donors (Lipinski definition) is 1. The second-order valence-electron chi connectivity index (χ2n) is 7.37. The summed E-state index contributed by atoms with van der Waals surface area (Å²) in [6, 6.07) is 9.49. The van der Waals surface area contributed by atoms with Crippen LogP contribution in [0.5, 0.6) is 0 Å². The molecule has 1 aliphatic carbocycles. The Morgan fingerprint density at radius 3 is 2.79 bits per heavy atom. The van der Waals surface area contributed by atoms with Gasteiger partial charge in [0.2, 0.25) is 11.9 Å². The fourth-order valence-electron chi connectivity index (χ4n) is 3.43. The maximum absolute atomic E-state index is 12.6. The molecular weight excluding hydrogens is 372 g/mol. The summed E-state index contributed by atoms with van der Waals surface area (Å²) in [6.07, 6.45) is 5.96. The van der Waals surface area contributed by atoms with Crippen molar-refractivity contribution in [2.24, 2.45) is 0 Å². The molecule has 4 rings (SSSR count). The van der Waals surface area contributed by atoms with E-state index in [-0.39, 0.29) is 11.2 Å². The molecular formula is C20H24N6OS. The predicted molar refractivity (Wildman–Crippen MR) is 109 cm³/mol. The van der Waals surface area contributed by atoms with Gasteiger partial charge in [-0.15, -0.1) is 10.2 Å². The van der Waals surface area contributed by atoms with Crippen molar-refractivity contribution in [1.29, 1.82) is 5.26 Å². The van der Waals surface area contributed by atoms with Gasteiger partial charge >= 0.3 is 0 Å². The van der Waals surface area contributed by atoms with Crippen molar-refractivity contribution in [2.75, 3.05) is 23.3 Å². The van der Waals surface area contributed by atoms with Gasteiger partial charge in [-0.05, 0) is 57.2 Å². The third kappa shape index (κ3) is 4.14. The first-order chi connectivity index (χ1) is 13.7. The fourth-order valence-corrected chi connectivity index (χ4v) is 4.35. The van der Waals surface area contributed by atoms with Gasteiger partial charge in [0.1, 0.15) is 0 Å². The van der Waals surface area contributed by atoms with E-state index in [0.717, 1.165) is 37.0 Å². The zero-order valence-electron chi connectivity index (χ0n) is 16.0. The number of carbonyl (C=O) groups excluding carboxylic acids is 1. The van der Waals surface area contributed by atoms with Crippen LogP contribution in [0.1, 0.15) is 50.6 Å². The standard InChI is InChI=1S/C20H24N6OS/c1-14(18(27)22-16-7-5-6-15(12-16)13-21)28-20-24-23-19(26(20)17-8-9-17)25-10-3-2-4-11-25/h5-7,12,14,17H,2-4,8-11H2,1H3,(H,22,27)/t14-/m0/s1. The lowest BCUT2D eigenvalue weighted by molar-refractivity contribution is -0.115. The first-order valence-corrected chi connectivity index (χ1v) is 10.7. The number of amides is 1. The van der Waals surface area contributed by atoms with Gasteiger partial charge in [-0.3, -0.25) is 9.36 Å². The highest BCUT2D eigenvalue weighted by Gasteiger charge is 2.33. The van der Waals surface area contributed by atoms with Gasteiger partial charge in [-0.2, -0.15) is 5.26 Å². The number of nitrogens with zero attached hydrogens (tertiary/aromatic N) is 5. The Bertz CT molecular complexity index is 894. The fraction of sp³-hybridized carbons (Fsp3) is 0.500. The molecule has 1 N–H and O–H groups in total. The molecule has 146 valence electrons. The lowest BCUT2D eigenvalue weighted by Crippen LogP contribution is -2.32. The van der Waals surface area contributed by atoms with Crippen LogP contribution in [-0.4, -0.2) is 39.0 Å². The Kier molecular flexibility index (Phi) is 5.53. The monoisotopic (exact) mass is 396 g/mol. The first-order valence-electron chi connectivity index (χ1n) is 9.83. The molecule has 1 amide bonds. The Morgan fingerprint density at radius 2 is 2.07 bits per heavy atom. The summed E-state index contributed by atoms with van der Waals surface area (Å²) in [5.74, 6) is 0.851. The Hall–Kier alpha value is -2.53. The lowest BCUT2D eigenvalue weighted by atomic mass is 10.1. The third-order valence-corrected chi connectivity index (χ3v) is 6.16. The number of hydrogen-bond acceptors (Lipinski definition) is 6. The SMILES string of the molecule is C[C@H](Sc1nnc(N2CCCCC2)n1C1CC1)C(=O)Nc1cccc(C#N)c1. The number of rotatable bonds is 6. The normalized spacial score (nSPS) is 17.8. The molecule has 2 aliphatic rings. The van der Waals surface area contributed by atoms with Gasteiger partial charge in [0, 0.05) is 24.8 Å². The van der Waals surface area contributed by atoms with E-state index < -0.39 is 0 Å². The second-order valence-corrected chi connectivity index (χ2v) is 8.68. The highest BCUT2D eigenvalue weighted by Crippen LogP contribution is 2.42. The summed E-state index contributed by atoms with van der Waals surface area (Å²) in [7, 11) is 0. The van der Waals surface area contributed by atoms with Crippen LogP contribution < -0.4 is 10.2 Å². The van der Waals surface area contributed by atoms with Gasteiger partial charge in [0.15, 0.2) is 5.16 Å². The van der Waals surface area contributed by atoms with Crippen molar-refractivity contribution in [2.45, 2.75) is 55.5 Å². The van der Waals surface area contributed by atoms with E-state index in [9.17, 15) is 4.79 Å². The van der Waals surface area contributed by atoms with E-state index in [1.54, 1.807) is 24.3 Å². The molecule has 1 aliphatic heterocycles. The van der Waals surface area contributed by atoms with Gasteiger partial charge in [-0.25, -0.2) is 0 Å². The van der Waals surface area contributed by atoms with Crippen LogP contribution in [-0.2, 0) is 4.79 Å². The number of piperidine rings is 1. The highest BCUT2D eigenvalue weighted by atomic mass is 32.2. The van der Waals surface area contributed by atoms with Crippen LogP contribution in [0.15, 0.2) is 29.4 Å². The van der Waals surface area contributed by atoms with Crippen LogP contribution in [0.2, 0.25) is 0 Å². The molecule has 7 nitrogen and oxygen atoms in total. The summed E-state index contributed by atoms with van der Waals surface area (Å²) in [5, 5.41) is 21.3. The average Bonchev–Trinajstić information content (AvgIpc) is 3.48. The van der Waals surface area contributed by atoms with Crippen molar-refractivity contribution in [1.82, 2.24) is 14.8 Å². The molecule has 2 heterocycles. The van der Waals surface area contributed by atoms with E-state index in [1.807, 2.05) is 6.92 Å². The molecule has 8 heteroatoms. The van der Waals surface area contributed by atoms with Crippen LogP contribution in [0.3, 0.4) is 0 Å². The largest absolute Gasteiger partial charge is 0.341 e. The van der Waals surface area contributed by atoms with Crippen LogP contribution in [0.25, 0.3) is 0 Å². The van der Waals surface area contributed by atoms with Crippen molar-refractivity contribution < 1.29 is 4.79 Å². The zero-order valence-corrected chi connectivity index (χ0v) is 16.8. The molecule has 28 heavy (non-hydrogen) atoms. The molecule has 2 aromatic rings. The Morgan fingerprint density at radius 1 is 1.29 bits per heavy atom. The smallest absolute Gasteiger partial charge is 0.237 e. The summed E-state index contributed by atoms with van der Waals surface area (Å²) < 4.78 is 2.23. The second kappa shape index (κ2) is 8.23. The maximum atomic E-state index is 12.6. The predicted octanol–water partition coefficient (Wildman–Crippen LogP) is 3.59. The third-order valence-electron chi connectivity index (χ3n) is 5.11. The number of anilines is 2. The van der Waals surface area contributed by atoms with Crippen molar-refractivity contribution in [3.8, 4) is 6.07 Å². The number of nitrogens with one attached hydrogen (secondary N) is 1. The average molecular weight is 397 g/mol. The Balaban J connectivity index is 1.46. The lowest BCUT2D eigenvalue weighted by Gasteiger charge is -2.28. The molecule has 2 fully saturated rings. The van der Waals surface area contributed by atoms with Crippen molar-refractivity contribution in [3.63, 3.8) is 0 Å². The minimum absolute atomic E-state index is 0.107. The van der Waals surface area contributed by atoms with Crippen LogP contribution >= 0.6 is 11.8 Å². The van der Waals surface area contributed by atoms with E-state index in [0.29, 0.717) is 17.3 Å². The van der Waals surface area contributed by atoms with Gasteiger partial charge in [0.05, 0.1) is 16.9 Å². The van der Waals surface area contributed by atoms with Gasteiger partial charge in [-0.1, -0.05) is 17.8 Å². The molecule has 0 radical (unpaired) electrons. The van der Waals surface area contributed by atoms with Crippen molar-refractivity contribution >= 4 is 29.3 Å².